The molecular weight excluding hydrogens is 245 g/mol. The van der Waals surface area contributed by atoms with Gasteiger partial charge in [-0.25, -0.2) is 17.5 Å². The second-order valence-electron chi connectivity index (χ2n) is 3.71. The molecule has 0 bridgehead atoms. The van der Waals surface area contributed by atoms with Crippen molar-refractivity contribution < 1.29 is 17.6 Å². The highest BCUT2D eigenvalue weighted by atomic mass is 32.2. The van der Waals surface area contributed by atoms with Gasteiger partial charge in [-0.15, -0.1) is 0 Å². The Morgan fingerprint density at radius 2 is 1.88 bits per heavy atom. The molecule has 0 aliphatic carbocycles. The third-order valence-corrected chi connectivity index (χ3v) is 3.57. The lowest BCUT2D eigenvalue weighted by atomic mass is 10.2. The van der Waals surface area contributed by atoms with Gasteiger partial charge in [-0.3, -0.25) is 4.79 Å². The Morgan fingerprint density at radius 1 is 1.35 bits per heavy atom. The predicted molar refractivity (Wildman–Crippen MR) is 62.2 cm³/mol. The van der Waals surface area contributed by atoms with Crippen LogP contribution in [0, 0.1) is 0 Å². The highest BCUT2D eigenvalue weighted by Crippen LogP contribution is 2.11. The van der Waals surface area contributed by atoms with Gasteiger partial charge in [0.05, 0.1) is 4.90 Å². The fraction of sp³-hybridized carbons (Fsp3) is 0.364. The van der Waals surface area contributed by atoms with Crippen LogP contribution < -0.4 is 4.72 Å². The summed E-state index contributed by atoms with van der Waals surface area (Å²) in [5.74, 6) is -0.140. The number of rotatable bonds is 5. The van der Waals surface area contributed by atoms with E-state index in [1.807, 2.05) is 0 Å². The van der Waals surface area contributed by atoms with Gasteiger partial charge < -0.3 is 0 Å². The molecule has 0 fully saturated rings. The summed E-state index contributed by atoms with van der Waals surface area (Å²) in [4.78, 5) is 11.0. The molecule has 1 rings (SSSR count). The summed E-state index contributed by atoms with van der Waals surface area (Å²) >= 11 is 0. The van der Waals surface area contributed by atoms with Gasteiger partial charge >= 0.3 is 0 Å². The molecule has 94 valence electrons. The maximum absolute atomic E-state index is 12.5. The first-order chi connectivity index (χ1) is 7.83. The molecule has 1 aromatic rings. The lowest BCUT2D eigenvalue weighted by Gasteiger charge is -2.07. The maximum atomic E-state index is 12.5. The Balaban J connectivity index is 2.89. The van der Waals surface area contributed by atoms with Crippen molar-refractivity contribution in [1.82, 2.24) is 4.72 Å². The van der Waals surface area contributed by atoms with Crippen molar-refractivity contribution in [3.05, 3.63) is 29.8 Å². The number of nitrogens with one attached hydrogen (secondary N) is 1. The molecule has 0 spiro atoms. The van der Waals surface area contributed by atoms with Crippen molar-refractivity contribution in [2.75, 3.05) is 6.54 Å². The molecular formula is C11H14FNO3S. The fourth-order valence-electron chi connectivity index (χ4n) is 1.18. The van der Waals surface area contributed by atoms with Crippen LogP contribution in [0.15, 0.2) is 29.2 Å². The Kier molecular flexibility index (Phi) is 4.36. The Bertz CT molecular complexity index is 494. The maximum Gasteiger partial charge on any atom is 0.240 e. The van der Waals surface area contributed by atoms with Crippen LogP contribution in [-0.2, 0) is 10.0 Å². The largest absolute Gasteiger partial charge is 0.295 e. The summed E-state index contributed by atoms with van der Waals surface area (Å²) in [6.07, 6.45) is -1.25. The van der Waals surface area contributed by atoms with Gasteiger partial charge in [0.2, 0.25) is 10.0 Å². The van der Waals surface area contributed by atoms with E-state index >= 15 is 0 Å². The molecule has 1 atom stereocenters. The van der Waals surface area contributed by atoms with Crippen molar-refractivity contribution >= 4 is 15.8 Å². The average molecular weight is 259 g/mol. The number of halogens is 1. The molecule has 0 aliphatic rings. The molecule has 0 aromatic heterocycles. The van der Waals surface area contributed by atoms with Crippen LogP contribution in [0.5, 0.6) is 0 Å². The molecule has 0 radical (unpaired) electrons. The van der Waals surface area contributed by atoms with Crippen LogP contribution in [0.4, 0.5) is 4.39 Å². The molecule has 0 saturated carbocycles. The first-order valence-electron chi connectivity index (χ1n) is 5.07. The lowest BCUT2D eigenvalue weighted by Crippen LogP contribution is -2.29. The number of sulfonamides is 1. The summed E-state index contributed by atoms with van der Waals surface area (Å²) in [6, 6.07) is 5.50. The van der Waals surface area contributed by atoms with E-state index in [4.69, 9.17) is 0 Å². The second kappa shape index (κ2) is 5.37. The molecule has 1 N–H and O–H groups in total. The minimum atomic E-state index is -3.70. The zero-order valence-electron chi connectivity index (χ0n) is 9.60. The Labute approximate surface area is 99.9 Å². The summed E-state index contributed by atoms with van der Waals surface area (Å²) in [5.41, 5.74) is 0.433. The Hall–Kier alpha value is -1.27. The number of alkyl halides is 1. The zero-order valence-corrected chi connectivity index (χ0v) is 10.4. The summed E-state index contributed by atoms with van der Waals surface area (Å²) < 4.78 is 38.0. The predicted octanol–water partition coefficient (Wildman–Crippen LogP) is 1.53. The third-order valence-electron chi connectivity index (χ3n) is 2.13. The number of benzene rings is 1. The molecule has 1 unspecified atom stereocenters. The van der Waals surface area contributed by atoms with Crippen molar-refractivity contribution in [2.24, 2.45) is 0 Å². The summed E-state index contributed by atoms with van der Waals surface area (Å²) in [5, 5.41) is 0. The van der Waals surface area contributed by atoms with Gasteiger partial charge in [0.1, 0.15) is 6.17 Å². The van der Waals surface area contributed by atoms with Crippen LogP contribution in [0.1, 0.15) is 24.2 Å². The van der Waals surface area contributed by atoms with Crippen molar-refractivity contribution in [1.29, 1.82) is 0 Å². The van der Waals surface area contributed by atoms with Gasteiger partial charge in [-0.1, -0.05) is 12.1 Å². The van der Waals surface area contributed by atoms with E-state index < -0.39 is 16.2 Å². The Morgan fingerprint density at radius 3 is 2.29 bits per heavy atom. The van der Waals surface area contributed by atoms with Crippen molar-refractivity contribution in [3.63, 3.8) is 0 Å². The van der Waals surface area contributed by atoms with Crippen molar-refractivity contribution in [3.8, 4) is 0 Å². The highest BCUT2D eigenvalue weighted by molar-refractivity contribution is 7.89. The quantitative estimate of drug-likeness (QED) is 0.815. The molecule has 4 nitrogen and oxygen atoms in total. The molecule has 1 aromatic carbocycles. The van der Waals surface area contributed by atoms with E-state index in [2.05, 4.69) is 4.72 Å². The van der Waals surface area contributed by atoms with Crippen LogP contribution >= 0.6 is 0 Å². The van der Waals surface area contributed by atoms with Gasteiger partial charge in [0.15, 0.2) is 5.78 Å². The number of hydrogen-bond acceptors (Lipinski definition) is 3. The monoisotopic (exact) mass is 259 g/mol. The standard InChI is InChI=1S/C11H14FNO3S/c1-8(12)7-13-17(15,16)11-5-3-10(4-6-11)9(2)14/h3-6,8,13H,7H2,1-2H3. The van der Waals surface area contributed by atoms with Gasteiger partial charge in [-0.05, 0) is 26.0 Å². The van der Waals surface area contributed by atoms with Crippen LogP contribution in [0.3, 0.4) is 0 Å². The minimum absolute atomic E-state index is 0.0168. The highest BCUT2D eigenvalue weighted by Gasteiger charge is 2.14. The number of hydrogen-bond donors (Lipinski definition) is 1. The number of ketones is 1. The smallest absolute Gasteiger partial charge is 0.240 e. The van der Waals surface area contributed by atoms with E-state index in [1.54, 1.807) is 0 Å². The van der Waals surface area contributed by atoms with Gasteiger partial charge in [0, 0.05) is 12.1 Å². The zero-order chi connectivity index (χ0) is 13.1. The van der Waals surface area contributed by atoms with E-state index in [1.165, 1.54) is 38.1 Å². The molecule has 6 heteroatoms. The first kappa shape index (κ1) is 13.8. The van der Waals surface area contributed by atoms with Gasteiger partial charge in [0.25, 0.3) is 0 Å². The van der Waals surface area contributed by atoms with Gasteiger partial charge in [-0.2, -0.15) is 0 Å². The molecule has 17 heavy (non-hydrogen) atoms. The summed E-state index contributed by atoms with van der Waals surface area (Å²) in [6.45, 7) is 2.39. The normalized spacial score (nSPS) is 13.4. The number of carbonyl (C=O) groups excluding carboxylic acids is 1. The minimum Gasteiger partial charge on any atom is -0.295 e. The van der Waals surface area contributed by atoms with Crippen LogP contribution in [0.25, 0.3) is 0 Å². The SMILES string of the molecule is CC(=O)c1ccc(S(=O)(=O)NCC(C)F)cc1. The summed E-state index contributed by atoms with van der Waals surface area (Å²) in [7, 11) is -3.70. The van der Waals surface area contributed by atoms with Crippen molar-refractivity contribution in [2.45, 2.75) is 24.9 Å². The average Bonchev–Trinajstić information content (AvgIpc) is 2.27. The number of Topliss-reactive ketones (excluding diaryl/α,β-unsaturated/α-hetero) is 1. The van der Waals surface area contributed by atoms with Crippen LogP contribution in [0.2, 0.25) is 0 Å². The van der Waals surface area contributed by atoms with E-state index in [0.29, 0.717) is 5.56 Å². The first-order valence-corrected chi connectivity index (χ1v) is 6.56. The fourth-order valence-corrected chi connectivity index (χ4v) is 2.29. The topological polar surface area (TPSA) is 63.2 Å². The van der Waals surface area contributed by atoms with E-state index in [-0.39, 0.29) is 17.2 Å². The second-order valence-corrected chi connectivity index (χ2v) is 5.48. The van der Waals surface area contributed by atoms with E-state index in [9.17, 15) is 17.6 Å². The third kappa shape index (κ3) is 3.90. The van der Waals surface area contributed by atoms with Crippen LogP contribution in [-0.4, -0.2) is 26.9 Å². The molecule has 0 heterocycles. The lowest BCUT2D eigenvalue weighted by molar-refractivity contribution is 0.101. The number of carbonyl (C=O) groups is 1. The molecule has 0 aliphatic heterocycles. The van der Waals surface area contributed by atoms with E-state index in [0.717, 1.165) is 0 Å². The molecule has 0 saturated heterocycles. The molecule has 0 amide bonds.